The Morgan fingerprint density at radius 1 is 1.00 bits per heavy atom. The van der Waals surface area contributed by atoms with E-state index in [4.69, 9.17) is 0 Å². The maximum Gasteiger partial charge on any atom is 0.0292 e. The van der Waals surface area contributed by atoms with Gasteiger partial charge < -0.3 is 5.32 Å². The van der Waals surface area contributed by atoms with Gasteiger partial charge in [-0.05, 0) is 76.3 Å². The molecule has 0 spiro atoms. The lowest BCUT2D eigenvalue weighted by molar-refractivity contribution is 0.362. The molecule has 1 N–H and O–H groups in total. The SMILES string of the molecule is Cc1cc(C)cc(C(C)NCC(C2CC2)C2CC2)c1. The topological polar surface area (TPSA) is 12.0 Å². The molecule has 2 aliphatic carbocycles. The van der Waals surface area contributed by atoms with Crippen molar-refractivity contribution >= 4 is 0 Å². The Balaban J connectivity index is 1.59. The normalized spacial score (nSPS) is 20.8. The summed E-state index contributed by atoms with van der Waals surface area (Å²) >= 11 is 0. The van der Waals surface area contributed by atoms with Gasteiger partial charge in [0.25, 0.3) is 0 Å². The Kier molecular flexibility index (Phi) is 3.66. The zero-order chi connectivity index (χ0) is 13.4. The first-order chi connectivity index (χ1) is 9.13. The van der Waals surface area contributed by atoms with E-state index in [1.807, 2.05) is 0 Å². The lowest BCUT2D eigenvalue weighted by Gasteiger charge is -2.21. The molecule has 2 aliphatic rings. The quantitative estimate of drug-likeness (QED) is 0.797. The number of nitrogens with one attached hydrogen (secondary N) is 1. The van der Waals surface area contributed by atoms with Crippen LogP contribution in [0.5, 0.6) is 0 Å². The third-order valence-electron chi connectivity index (χ3n) is 4.86. The molecule has 0 aliphatic heterocycles. The number of rotatable bonds is 6. The summed E-state index contributed by atoms with van der Waals surface area (Å²) in [6, 6.07) is 7.40. The highest BCUT2D eigenvalue weighted by Crippen LogP contribution is 2.48. The minimum Gasteiger partial charge on any atom is -0.310 e. The molecule has 19 heavy (non-hydrogen) atoms. The van der Waals surface area contributed by atoms with Crippen molar-refractivity contribution in [2.24, 2.45) is 17.8 Å². The fraction of sp³-hybridized carbons (Fsp3) is 0.667. The molecule has 0 amide bonds. The smallest absolute Gasteiger partial charge is 0.0292 e. The third kappa shape index (κ3) is 3.39. The summed E-state index contributed by atoms with van der Waals surface area (Å²) < 4.78 is 0. The Morgan fingerprint density at radius 3 is 2.00 bits per heavy atom. The molecule has 1 unspecified atom stereocenters. The zero-order valence-corrected chi connectivity index (χ0v) is 12.6. The zero-order valence-electron chi connectivity index (χ0n) is 12.6. The van der Waals surface area contributed by atoms with Gasteiger partial charge in [0.1, 0.15) is 0 Å². The Hall–Kier alpha value is -0.820. The van der Waals surface area contributed by atoms with E-state index in [1.54, 1.807) is 0 Å². The Morgan fingerprint density at radius 2 is 1.53 bits per heavy atom. The van der Waals surface area contributed by atoms with Gasteiger partial charge in [-0.25, -0.2) is 0 Å². The summed E-state index contributed by atoms with van der Waals surface area (Å²) in [4.78, 5) is 0. The summed E-state index contributed by atoms with van der Waals surface area (Å²) in [6.45, 7) is 7.93. The molecular weight excluding hydrogens is 230 g/mol. The second-order valence-corrected chi connectivity index (χ2v) is 6.89. The summed E-state index contributed by atoms with van der Waals surface area (Å²) in [5.41, 5.74) is 4.21. The van der Waals surface area contributed by atoms with Gasteiger partial charge in [0.15, 0.2) is 0 Å². The molecule has 3 rings (SSSR count). The maximum atomic E-state index is 3.80. The lowest BCUT2D eigenvalue weighted by Crippen LogP contribution is -2.28. The van der Waals surface area contributed by atoms with Crippen LogP contribution in [0, 0.1) is 31.6 Å². The van der Waals surface area contributed by atoms with Crippen LogP contribution in [0.15, 0.2) is 18.2 Å². The molecule has 0 heterocycles. The molecule has 1 aromatic carbocycles. The molecule has 0 aromatic heterocycles. The summed E-state index contributed by atoms with van der Waals surface area (Å²) in [6.07, 6.45) is 5.95. The van der Waals surface area contributed by atoms with Crippen molar-refractivity contribution in [1.29, 1.82) is 0 Å². The minimum atomic E-state index is 0.485. The first-order valence-electron chi connectivity index (χ1n) is 7.95. The van der Waals surface area contributed by atoms with E-state index in [2.05, 4.69) is 44.3 Å². The molecule has 104 valence electrons. The van der Waals surface area contributed by atoms with Crippen LogP contribution < -0.4 is 5.32 Å². The number of hydrogen-bond donors (Lipinski definition) is 1. The average Bonchev–Trinajstić information content (AvgIpc) is 3.22. The minimum absolute atomic E-state index is 0.485. The number of benzene rings is 1. The van der Waals surface area contributed by atoms with Crippen molar-refractivity contribution < 1.29 is 0 Å². The third-order valence-corrected chi connectivity index (χ3v) is 4.86. The van der Waals surface area contributed by atoms with E-state index in [0.717, 1.165) is 17.8 Å². The number of hydrogen-bond acceptors (Lipinski definition) is 1. The van der Waals surface area contributed by atoms with Crippen LogP contribution >= 0.6 is 0 Å². The summed E-state index contributed by atoms with van der Waals surface area (Å²) in [5.74, 6) is 3.06. The van der Waals surface area contributed by atoms with Gasteiger partial charge in [0.2, 0.25) is 0 Å². The first-order valence-corrected chi connectivity index (χ1v) is 7.95. The average molecular weight is 257 g/mol. The van der Waals surface area contributed by atoms with E-state index in [9.17, 15) is 0 Å². The van der Waals surface area contributed by atoms with Gasteiger partial charge in [-0.1, -0.05) is 29.3 Å². The van der Waals surface area contributed by atoms with Gasteiger partial charge in [0.05, 0.1) is 0 Å². The van der Waals surface area contributed by atoms with E-state index in [-0.39, 0.29) is 0 Å². The van der Waals surface area contributed by atoms with Gasteiger partial charge >= 0.3 is 0 Å². The van der Waals surface area contributed by atoms with E-state index >= 15 is 0 Å². The van der Waals surface area contributed by atoms with Crippen molar-refractivity contribution in [2.45, 2.75) is 52.5 Å². The molecular formula is C18H27N. The summed E-state index contributed by atoms with van der Waals surface area (Å²) in [7, 11) is 0. The predicted octanol–water partition coefficient (Wildman–Crippen LogP) is 4.39. The van der Waals surface area contributed by atoms with E-state index in [1.165, 1.54) is 48.9 Å². The Labute approximate surface area is 117 Å². The van der Waals surface area contributed by atoms with Gasteiger partial charge in [0, 0.05) is 6.04 Å². The van der Waals surface area contributed by atoms with Crippen LogP contribution in [0.3, 0.4) is 0 Å². The molecule has 1 nitrogen and oxygen atoms in total. The molecule has 2 saturated carbocycles. The lowest BCUT2D eigenvalue weighted by atomic mass is 9.96. The fourth-order valence-corrected chi connectivity index (χ4v) is 3.46. The highest BCUT2D eigenvalue weighted by molar-refractivity contribution is 5.30. The van der Waals surface area contributed by atoms with Crippen molar-refractivity contribution in [3.05, 3.63) is 34.9 Å². The first kappa shape index (κ1) is 13.2. The molecule has 2 fully saturated rings. The van der Waals surface area contributed by atoms with Crippen molar-refractivity contribution in [2.75, 3.05) is 6.54 Å². The number of aryl methyl sites for hydroxylation is 2. The molecule has 1 atom stereocenters. The van der Waals surface area contributed by atoms with Crippen LogP contribution in [0.4, 0.5) is 0 Å². The maximum absolute atomic E-state index is 3.80. The molecule has 0 bridgehead atoms. The van der Waals surface area contributed by atoms with Crippen LogP contribution in [0.1, 0.15) is 55.3 Å². The Bertz CT molecular complexity index is 411. The standard InChI is InChI=1S/C18H27N/c1-12-8-13(2)10-17(9-12)14(3)19-11-18(15-4-5-15)16-6-7-16/h8-10,14-16,18-19H,4-7,11H2,1-3H3. The van der Waals surface area contributed by atoms with Gasteiger partial charge in [-0.15, -0.1) is 0 Å². The molecule has 0 radical (unpaired) electrons. The van der Waals surface area contributed by atoms with Crippen molar-refractivity contribution in [1.82, 2.24) is 5.32 Å². The molecule has 1 heteroatoms. The largest absolute Gasteiger partial charge is 0.310 e. The second-order valence-electron chi connectivity index (χ2n) is 6.89. The van der Waals surface area contributed by atoms with Crippen LogP contribution in [0.2, 0.25) is 0 Å². The molecule has 1 aromatic rings. The van der Waals surface area contributed by atoms with Crippen LogP contribution in [-0.2, 0) is 0 Å². The molecule has 0 saturated heterocycles. The van der Waals surface area contributed by atoms with Crippen molar-refractivity contribution in [3.63, 3.8) is 0 Å². The summed E-state index contributed by atoms with van der Waals surface area (Å²) in [5, 5.41) is 3.80. The fourth-order valence-electron chi connectivity index (χ4n) is 3.46. The van der Waals surface area contributed by atoms with E-state index < -0.39 is 0 Å². The van der Waals surface area contributed by atoms with Gasteiger partial charge in [-0.2, -0.15) is 0 Å². The highest BCUT2D eigenvalue weighted by Gasteiger charge is 2.41. The van der Waals surface area contributed by atoms with Crippen LogP contribution in [0.25, 0.3) is 0 Å². The van der Waals surface area contributed by atoms with Crippen LogP contribution in [-0.4, -0.2) is 6.54 Å². The monoisotopic (exact) mass is 257 g/mol. The predicted molar refractivity (Wildman–Crippen MR) is 81.3 cm³/mol. The van der Waals surface area contributed by atoms with Crippen molar-refractivity contribution in [3.8, 4) is 0 Å². The highest BCUT2D eigenvalue weighted by atomic mass is 14.9. The van der Waals surface area contributed by atoms with Gasteiger partial charge in [-0.3, -0.25) is 0 Å². The second kappa shape index (κ2) is 5.28. The van der Waals surface area contributed by atoms with E-state index in [0.29, 0.717) is 6.04 Å².